The van der Waals surface area contributed by atoms with Gasteiger partial charge in [0.15, 0.2) is 5.13 Å². The van der Waals surface area contributed by atoms with Gasteiger partial charge in [-0.25, -0.2) is 13.4 Å². The van der Waals surface area contributed by atoms with Gasteiger partial charge in [-0.15, -0.1) is 11.3 Å². The van der Waals surface area contributed by atoms with Crippen LogP contribution in [-0.4, -0.2) is 18.5 Å². The molecule has 2 aromatic rings. The lowest BCUT2D eigenvalue weighted by atomic mass is 10.2. The zero-order valence-corrected chi connectivity index (χ0v) is 13.6. The van der Waals surface area contributed by atoms with Crippen molar-refractivity contribution < 1.29 is 13.5 Å². The summed E-state index contributed by atoms with van der Waals surface area (Å²) in [6.45, 7) is 3.87. The predicted octanol–water partition coefficient (Wildman–Crippen LogP) is 2.45. The van der Waals surface area contributed by atoms with Crippen LogP contribution in [-0.2, 0) is 28.8 Å². The van der Waals surface area contributed by atoms with Crippen LogP contribution in [0.2, 0.25) is 0 Å². The number of aryl methyl sites for hydroxylation is 2. The minimum Gasteiger partial charge on any atom is -0.392 e. The number of sulfonamides is 1. The van der Waals surface area contributed by atoms with Crippen molar-refractivity contribution in [1.82, 2.24) is 4.98 Å². The molecule has 0 saturated carbocycles. The highest BCUT2D eigenvalue weighted by molar-refractivity contribution is 7.92. The van der Waals surface area contributed by atoms with Gasteiger partial charge in [-0.05, 0) is 24.5 Å². The van der Waals surface area contributed by atoms with E-state index in [0.29, 0.717) is 10.7 Å². The average molecular weight is 326 g/mol. The maximum absolute atomic E-state index is 12.1. The lowest BCUT2D eigenvalue weighted by molar-refractivity contribution is 0.282. The maximum atomic E-state index is 12.1. The number of aliphatic hydroxyl groups excluding tert-OH is 1. The van der Waals surface area contributed by atoms with Crippen LogP contribution in [0.4, 0.5) is 5.13 Å². The van der Waals surface area contributed by atoms with Gasteiger partial charge in [-0.1, -0.05) is 31.2 Å². The maximum Gasteiger partial charge on any atom is 0.238 e. The van der Waals surface area contributed by atoms with Crippen molar-refractivity contribution in [1.29, 1.82) is 0 Å². The molecule has 0 spiro atoms. The van der Waals surface area contributed by atoms with E-state index in [9.17, 15) is 8.42 Å². The van der Waals surface area contributed by atoms with Crippen LogP contribution in [0.25, 0.3) is 0 Å². The molecule has 1 heterocycles. The van der Waals surface area contributed by atoms with Crippen molar-refractivity contribution >= 4 is 26.5 Å². The Balaban J connectivity index is 2.10. The highest BCUT2D eigenvalue weighted by Gasteiger charge is 2.15. The molecule has 2 N–H and O–H groups in total. The molecular formula is C14H18N2O3S2. The van der Waals surface area contributed by atoms with E-state index in [1.807, 2.05) is 13.8 Å². The molecule has 0 bridgehead atoms. The first-order valence-electron chi connectivity index (χ1n) is 6.59. The standard InChI is InChI=1S/C14H18N2O3S2/c1-3-13-10(2)20-14(15-13)16-21(18,19)9-12-6-4-11(8-17)5-7-12/h4-7,17H,3,8-9H2,1-2H3,(H,15,16). The summed E-state index contributed by atoms with van der Waals surface area (Å²) in [7, 11) is -3.48. The van der Waals surface area contributed by atoms with E-state index < -0.39 is 10.0 Å². The molecule has 1 aromatic heterocycles. The minimum absolute atomic E-state index is 0.0521. The Bertz CT molecular complexity index is 706. The fraction of sp³-hybridized carbons (Fsp3) is 0.357. The molecule has 1 aromatic carbocycles. The number of thiazole rings is 1. The average Bonchev–Trinajstić information content (AvgIpc) is 2.78. The molecule has 0 unspecified atom stereocenters. The quantitative estimate of drug-likeness (QED) is 0.854. The van der Waals surface area contributed by atoms with Gasteiger partial charge in [-0.3, -0.25) is 4.72 Å². The second kappa shape index (κ2) is 6.55. The molecular weight excluding hydrogens is 308 g/mol. The number of rotatable bonds is 6. The number of aromatic nitrogens is 1. The summed E-state index contributed by atoms with van der Waals surface area (Å²) >= 11 is 1.35. The third-order valence-corrected chi connectivity index (χ3v) is 5.31. The molecule has 0 amide bonds. The Hall–Kier alpha value is -1.44. The van der Waals surface area contributed by atoms with Crippen LogP contribution in [0.3, 0.4) is 0 Å². The van der Waals surface area contributed by atoms with Crippen molar-refractivity contribution in [2.45, 2.75) is 32.6 Å². The van der Waals surface area contributed by atoms with Gasteiger partial charge in [0.2, 0.25) is 10.0 Å². The Morgan fingerprint density at radius 1 is 1.24 bits per heavy atom. The van der Waals surface area contributed by atoms with Crippen molar-refractivity contribution in [3.63, 3.8) is 0 Å². The van der Waals surface area contributed by atoms with Gasteiger partial charge in [0.05, 0.1) is 18.1 Å². The largest absolute Gasteiger partial charge is 0.392 e. The zero-order valence-electron chi connectivity index (χ0n) is 12.0. The smallest absolute Gasteiger partial charge is 0.238 e. The Labute approximate surface area is 128 Å². The molecule has 2 rings (SSSR count). The summed E-state index contributed by atoms with van der Waals surface area (Å²) in [6.07, 6.45) is 0.784. The van der Waals surface area contributed by atoms with Crippen LogP contribution in [0.15, 0.2) is 24.3 Å². The SMILES string of the molecule is CCc1nc(NS(=O)(=O)Cc2ccc(CO)cc2)sc1C. The fourth-order valence-corrected chi connectivity index (χ4v) is 4.25. The molecule has 0 aliphatic heterocycles. The fourth-order valence-electron chi connectivity index (χ4n) is 1.93. The van der Waals surface area contributed by atoms with Gasteiger partial charge in [0, 0.05) is 4.88 Å². The van der Waals surface area contributed by atoms with Crippen molar-refractivity contribution in [3.05, 3.63) is 46.0 Å². The molecule has 7 heteroatoms. The second-order valence-electron chi connectivity index (χ2n) is 4.71. The second-order valence-corrected chi connectivity index (χ2v) is 7.64. The van der Waals surface area contributed by atoms with Gasteiger partial charge in [-0.2, -0.15) is 0 Å². The molecule has 114 valence electrons. The topological polar surface area (TPSA) is 79.3 Å². The van der Waals surface area contributed by atoms with E-state index in [1.165, 1.54) is 11.3 Å². The van der Waals surface area contributed by atoms with Crippen LogP contribution < -0.4 is 4.72 Å². The first-order chi connectivity index (χ1) is 9.93. The van der Waals surface area contributed by atoms with E-state index in [1.54, 1.807) is 24.3 Å². The van der Waals surface area contributed by atoms with Gasteiger partial charge >= 0.3 is 0 Å². The van der Waals surface area contributed by atoms with Gasteiger partial charge in [0.1, 0.15) is 0 Å². The lowest BCUT2D eigenvalue weighted by Crippen LogP contribution is -2.15. The van der Waals surface area contributed by atoms with Crippen LogP contribution in [0.1, 0.15) is 28.6 Å². The summed E-state index contributed by atoms with van der Waals surface area (Å²) < 4.78 is 26.8. The molecule has 0 atom stereocenters. The van der Waals surface area contributed by atoms with Crippen LogP contribution >= 0.6 is 11.3 Å². The monoisotopic (exact) mass is 326 g/mol. The normalized spacial score (nSPS) is 11.6. The van der Waals surface area contributed by atoms with Crippen molar-refractivity contribution in [2.24, 2.45) is 0 Å². The molecule has 21 heavy (non-hydrogen) atoms. The Kier molecular flexibility index (Phi) is 4.97. The summed E-state index contributed by atoms with van der Waals surface area (Å²) in [5, 5.41) is 9.38. The molecule has 0 radical (unpaired) electrons. The van der Waals surface area contributed by atoms with Gasteiger partial charge in [0.25, 0.3) is 0 Å². The van der Waals surface area contributed by atoms with Crippen LogP contribution in [0, 0.1) is 6.92 Å². The minimum atomic E-state index is -3.48. The summed E-state index contributed by atoms with van der Waals surface area (Å²) in [5.74, 6) is -0.112. The lowest BCUT2D eigenvalue weighted by Gasteiger charge is -2.06. The van der Waals surface area contributed by atoms with Crippen molar-refractivity contribution in [2.75, 3.05) is 4.72 Å². The highest BCUT2D eigenvalue weighted by Crippen LogP contribution is 2.24. The summed E-state index contributed by atoms with van der Waals surface area (Å²) in [5.41, 5.74) is 2.35. The summed E-state index contributed by atoms with van der Waals surface area (Å²) in [4.78, 5) is 5.31. The van der Waals surface area contributed by atoms with E-state index in [4.69, 9.17) is 5.11 Å². The van der Waals surface area contributed by atoms with Crippen molar-refractivity contribution in [3.8, 4) is 0 Å². The number of benzene rings is 1. The third-order valence-electron chi connectivity index (χ3n) is 3.03. The van der Waals surface area contributed by atoms with E-state index in [0.717, 1.165) is 22.6 Å². The first-order valence-corrected chi connectivity index (χ1v) is 9.06. The number of aliphatic hydroxyl groups is 1. The predicted molar refractivity (Wildman–Crippen MR) is 84.8 cm³/mol. The Morgan fingerprint density at radius 2 is 1.86 bits per heavy atom. The van der Waals surface area contributed by atoms with E-state index >= 15 is 0 Å². The zero-order chi connectivity index (χ0) is 15.5. The molecule has 0 aliphatic rings. The number of hydrogen-bond acceptors (Lipinski definition) is 5. The molecule has 0 saturated heterocycles. The number of hydrogen-bond donors (Lipinski definition) is 2. The molecule has 5 nitrogen and oxygen atoms in total. The summed E-state index contributed by atoms with van der Waals surface area (Å²) in [6, 6.07) is 6.84. The molecule has 0 aliphatic carbocycles. The highest BCUT2D eigenvalue weighted by atomic mass is 32.2. The Morgan fingerprint density at radius 3 is 2.38 bits per heavy atom. The van der Waals surface area contributed by atoms with Gasteiger partial charge < -0.3 is 5.11 Å². The third kappa shape index (κ3) is 4.26. The molecule has 0 fully saturated rings. The van der Waals surface area contributed by atoms with Crippen LogP contribution in [0.5, 0.6) is 0 Å². The number of nitrogens with zero attached hydrogens (tertiary/aromatic N) is 1. The number of anilines is 1. The first kappa shape index (κ1) is 15.9. The number of nitrogens with one attached hydrogen (secondary N) is 1. The van der Waals surface area contributed by atoms with E-state index in [-0.39, 0.29) is 12.4 Å². The van der Waals surface area contributed by atoms with E-state index in [2.05, 4.69) is 9.71 Å².